The van der Waals surface area contributed by atoms with Gasteiger partial charge >= 0.3 is 6.09 Å². The van der Waals surface area contributed by atoms with Crippen molar-refractivity contribution in [1.29, 1.82) is 0 Å². The zero-order valence-corrected chi connectivity index (χ0v) is 29.9. The van der Waals surface area contributed by atoms with E-state index in [0.29, 0.717) is 36.4 Å². The van der Waals surface area contributed by atoms with Gasteiger partial charge in [0.2, 0.25) is 11.9 Å². The molecule has 1 aliphatic rings. The molecule has 2 amide bonds. The Kier molecular flexibility index (Phi) is 10.0. The van der Waals surface area contributed by atoms with Gasteiger partial charge in [0.25, 0.3) is 0 Å². The van der Waals surface area contributed by atoms with E-state index in [1.54, 1.807) is 17.3 Å². The molecule has 1 aliphatic heterocycles. The summed E-state index contributed by atoms with van der Waals surface area (Å²) in [5.74, 6) is -0.980. The topological polar surface area (TPSA) is 150 Å². The number of H-pyrrole nitrogens is 1. The number of carbonyl (C=O) groups excluding carboxylic acids is 2. The third-order valence-electron chi connectivity index (χ3n) is 8.49. The number of anilines is 3. The quantitative estimate of drug-likeness (QED) is 0.194. The van der Waals surface area contributed by atoms with Gasteiger partial charge in [0, 0.05) is 54.8 Å². The van der Waals surface area contributed by atoms with Crippen molar-refractivity contribution < 1.29 is 27.1 Å². The lowest BCUT2D eigenvalue weighted by molar-refractivity contribution is -0.123. The van der Waals surface area contributed by atoms with Crippen molar-refractivity contribution in [1.82, 2.24) is 24.8 Å². The van der Waals surface area contributed by atoms with E-state index in [1.807, 2.05) is 66.7 Å². The molecule has 0 saturated carbocycles. The maximum atomic E-state index is 15.0. The molecule has 2 aromatic heterocycles. The maximum Gasteiger partial charge on any atom is 0.410 e. The Morgan fingerprint density at radius 1 is 1.10 bits per heavy atom. The molecule has 1 saturated heterocycles. The van der Waals surface area contributed by atoms with E-state index in [9.17, 15) is 18.0 Å². The van der Waals surface area contributed by atoms with E-state index in [2.05, 4.69) is 30.5 Å². The van der Waals surface area contributed by atoms with E-state index >= 15 is 4.39 Å². The summed E-state index contributed by atoms with van der Waals surface area (Å²) in [6, 6.07) is 8.94. The highest BCUT2D eigenvalue weighted by Crippen LogP contribution is 2.34. The first-order chi connectivity index (χ1) is 23.0. The van der Waals surface area contributed by atoms with Crippen molar-refractivity contribution in [3.8, 4) is 11.3 Å². The zero-order valence-electron chi connectivity index (χ0n) is 29.1. The van der Waals surface area contributed by atoms with Crippen molar-refractivity contribution in [2.75, 3.05) is 30.0 Å². The molecule has 0 radical (unpaired) electrons. The number of hydrogen-bond donors (Lipinski definition) is 3. The molecule has 1 unspecified atom stereocenters. The molecule has 4 aromatic rings. The van der Waals surface area contributed by atoms with Crippen LogP contribution in [-0.4, -0.2) is 88.2 Å². The summed E-state index contributed by atoms with van der Waals surface area (Å²) in [7, 11) is -3.78. The van der Waals surface area contributed by atoms with Crippen LogP contribution in [0.5, 0.6) is 0 Å². The Balaban J connectivity index is 1.36. The number of nitrogens with one attached hydrogen (secondary N) is 3. The summed E-state index contributed by atoms with van der Waals surface area (Å²) in [5.41, 5.74) is 2.71. The number of hydrogen-bond acceptors (Lipinski definition) is 9. The monoisotopic (exact) mass is 693 g/mol. The van der Waals surface area contributed by atoms with E-state index in [0.717, 1.165) is 22.8 Å². The first kappa shape index (κ1) is 35.7. The van der Waals surface area contributed by atoms with Crippen LogP contribution in [0.3, 0.4) is 0 Å². The largest absolute Gasteiger partial charge is 0.444 e. The lowest BCUT2D eigenvalue weighted by Gasteiger charge is -2.46. The van der Waals surface area contributed by atoms with Crippen LogP contribution in [0.4, 0.5) is 26.5 Å². The SMILES string of the molecule is CCC(C(=O)Nc1cccc2c(-c3nc(Nc4cccc(S(C)(=O)=O)c4F)ncc3C)c[nH]c12)N1C[C@@H](C)N(C(=O)OC(C)(C)C)[C@H](C)C1. The number of amides is 2. The number of piperazine rings is 1. The van der Waals surface area contributed by atoms with Crippen molar-refractivity contribution in [2.24, 2.45) is 0 Å². The molecular weight excluding hydrogens is 649 g/mol. The number of halogens is 1. The number of nitrogens with zero attached hydrogens (tertiary/aromatic N) is 4. The Bertz CT molecular complexity index is 1980. The summed E-state index contributed by atoms with van der Waals surface area (Å²) < 4.78 is 44.7. The smallest absolute Gasteiger partial charge is 0.410 e. The molecule has 3 heterocycles. The first-order valence-corrected chi connectivity index (χ1v) is 18.1. The predicted octanol–water partition coefficient (Wildman–Crippen LogP) is 6.27. The van der Waals surface area contributed by atoms with Gasteiger partial charge in [-0.25, -0.2) is 27.6 Å². The van der Waals surface area contributed by atoms with E-state index in [4.69, 9.17) is 4.74 Å². The van der Waals surface area contributed by atoms with Crippen LogP contribution in [0.1, 0.15) is 53.5 Å². The number of benzene rings is 2. The molecule has 3 N–H and O–H groups in total. The summed E-state index contributed by atoms with van der Waals surface area (Å²) >= 11 is 0. The third-order valence-corrected chi connectivity index (χ3v) is 9.61. The number of sulfone groups is 1. The molecule has 5 rings (SSSR count). The van der Waals surface area contributed by atoms with Gasteiger partial charge in [-0.2, -0.15) is 0 Å². The molecule has 0 aliphatic carbocycles. The van der Waals surface area contributed by atoms with Crippen LogP contribution in [0, 0.1) is 12.7 Å². The average molecular weight is 694 g/mol. The Morgan fingerprint density at radius 2 is 1.76 bits per heavy atom. The van der Waals surface area contributed by atoms with Crippen LogP contribution in [-0.2, 0) is 19.4 Å². The summed E-state index contributed by atoms with van der Waals surface area (Å²) in [4.78, 5) is 42.4. The lowest BCUT2D eigenvalue weighted by atomic mass is 10.0. The third kappa shape index (κ3) is 7.70. The number of aromatic amines is 1. The summed E-state index contributed by atoms with van der Waals surface area (Å²) in [5, 5.41) is 6.74. The highest BCUT2D eigenvalue weighted by Gasteiger charge is 2.39. The molecular formula is C35H44FN7O5S. The zero-order chi connectivity index (χ0) is 35.8. The molecule has 3 atom stereocenters. The molecule has 49 heavy (non-hydrogen) atoms. The molecule has 1 fully saturated rings. The van der Waals surface area contributed by atoms with Gasteiger partial charge in [0.05, 0.1) is 28.6 Å². The van der Waals surface area contributed by atoms with Crippen molar-refractivity contribution >= 4 is 50.1 Å². The van der Waals surface area contributed by atoms with Crippen LogP contribution >= 0.6 is 0 Å². The number of carbonyl (C=O) groups is 2. The standard InChI is InChI=1S/C35H44FN7O5S/c1-9-27(42-18-21(3)43(22(4)19-42)34(45)48-35(5,6)7)32(44)39-26-14-10-12-23-24(17-37-31(23)26)30-20(2)16-38-33(41-30)40-25-13-11-15-28(29(25)36)49(8,46)47/h10-17,21-22,27,37H,9,18-19H2,1-8H3,(H,39,44)(H,38,40,41)/t21-,22-,27?/m1/s1. The van der Waals surface area contributed by atoms with Gasteiger partial charge < -0.3 is 25.3 Å². The highest BCUT2D eigenvalue weighted by molar-refractivity contribution is 7.90. The minimum Gasteiger partial charge on any atom is -0.444 e. The van der Waals surface area contributed by atoms with Crippen LogP contribution in [0.25, 0.3) is 22.2 Å². The second-order valence-corrected chi connectivity index (χ2v) is 15.6. The van der Waals surface area contributed by atoms with Gasteiger partial charge in [-0.3, -0.25) is 9.69 Å². The second kappa shape index (κ2) is 13.7. The summed E-state index contributed by atoms with van der Waals surface area (Å²) in [6.45, 7) is 14.4. The Labute approximate surface area is 286 Å². The van der Waals surface area contributed by atoms with Crippen LogP contribution in [0.15, 0.2) is 53.7 Å². The van der Waals surface area contributed by atoms with E-state index in [1.165, 1.54) is 18.2 Å². The van der Waals surface area contributed by atoms with E-state index in [-0.39, 0.29) is 35.7 Å². The molecule has 2 aromatic carbocycles. The fourth-order valence-corrected chi connectivity index (χ4v) is 7.12. The van der Waals surface area contributed by atoms with Gasteiger partial charge in [-0.15, -0.1) is 0 Å². The number of fused-ring (bicyclic) bond motifs is 1. The van der Waals surface area contributed by atoms with E-state index < -0.39 is 32.2 Å². The first-order valence-electron chi connectivity index (χ1n) is 16.2. The predicted molar refractivity (Wildman–Crippen MR) is 188 cm³/mol. The normalized spacial score (nSPS) is 17.9. The number of ether oxygens (including phenoxy) is 1. The van der Waals surface area contributed by atoms with Crippen molar-refractivity contribution in [3.05, 3.63) is 60.2 Å². The van der Waals surface area contributed by atoms with Crippen LogP contribution < -0.4 is 10.6 Å². The minimum absolute atomic E-state index is 0.0674. The Morgan fingerprint density at radius 3 is 2.39 bits per heavy atom. The van der Waals surface area contributed by atoms with Crippen LogP contribution in [0.2, 0.25) is 0 Å². The fourth-order valence-electron chi connectivity index (χ4n) is 6.36. The highest BCUT2D eigenvalue weighted by atomic mass is 32.2. The fraction of sp³-hybridized carbons (Fsp3) is 0.429. The van der Waals surface area contributed by atoms with Crippen molar-refractivity contribution in [3.63, 3.8) is 0 Å². The maximum absolute atomic E-state index is 15.0. The van der Waals surface area contributed by atoms with Gasteiger partial charge in [-0.05, 0) is 71.7 Å². The van der Waals surface area contributed by atoms with Gasteiger partial charge in [0.15, 0.2) is 15.7 Å². The average Bonchev–Trinajstić information content (AvgIpc) is 3.43. The number of aromatic nitrogens is 3. The number of para-hydroxylation sites is 1. The Hall–Kier alpha value is -4.56. The molecule has 0 spiro atoms. The number of aryl methyl sites for hydroxylation is 1. The molecule has 0 bridgehead atoms. The number of rotatable bonds is 8. The molecule has 14 heteroatoms. The van der Waals surface area contributed by atoms with Gasteiger partial charge in [0.1, 0.15) is 10.5 Å². The second-order valence-electron chi connectivity index (χ2n) is 13.6. The van der Waals surface area contributed by atoms with Crippen molar-refractivity contribution in [2.45, 2.75) is 83.5 Å². The van der Waals surface area contributed by atoms with Gasteiger partial charge in [-0.1, -0.05) is 25.1 Å². The lowest BCUT2D eigenvalue weighted by Crippen LogP contribution is -2.62. The molecule has 12 nitrogen and oxygen atoms in total. The molecule has 262 valence electrons. The minimum atomic E-state index is -3.78. The summed E-state index contributed by atoms with van der Waals surface area (Å²) in [6.07, 6.45) is 4.56.